The van der Waals surface area contributed by atoms with E-state index in [1.807, 2.05) is 0 Å². The van der Waals surface area contributed by atoms with Crippen LogP contribution in [-0.2, 0) is 0 Å². The van der Waals surface area contributed by atoms with Crippen LogP contribution in [0.2, 0.25) is 0 Å². The largest absolute Gasteiger partial charge is 0.465 e. The first-order valence-electron chi connectivity index (χ1n) is 5.01. The molecular weight excluding hydrogens is 194 g/mol. The van der Waals surface area contributed by atoms with Gasteiger partial charge in [0.15, 0.2) is 0 Å². The Morgan fingerprint density at radius 3 is 2.67 bits per heavy atom. The van der Waals surface area contributed by atoms with Crippen molar-refractivity contribution in [3.8, 4) is 0 Å². The Labute approximate surface area is 87.8 Å². The van der Waals surface area contributed by atoms with E-state index in [1.54, 1.807) is 18.6 Å². The molecule has 5 nitrogen and oxygen atoms in total. The summed E-state index contributed by atoms with van der Waals surface area (Å²) >= 11 is 0. The molecule has 1 N–H and O–H groups in total. The van der Waals surface area contributed by atoms with Gasteiger partial charge in [0.25, 0.3) is 0 Å². The van der Waals surface area contributed by atoms with Crippen molar-refractivity contribution in [2.45, 2.75) is 18.8 Å². The summed E-state index contributed by atoms with van der Waals surface area (Å²) in [5.74, 6) is 0.356. The van der Waals surface area contributed by atoms with Gasteiger partial charge in [-0.3, -0.25) is 9.97 Å². The van der Waals surface area contributed by atoms with Crippen molar-refractivity contribution >= 4 is 6.09 Å². The molecule has 1 aliphatic rings. The summed E-state index contributed by atoms with van der Waals surface area (Å²) < 4.78 is 0. The number of amides is 1. The number of piperidine rings is 1. The molecular formula is C10H13N3O2. The van der Waals surface area contributed by atoms with E-state index in [-0.39, 0.29) is 0 Å². The van der Waals surface area contributed by atoms with Gasteiger partial charge in [-0.25, -0.2) is 4.79 Å². The van der Waals surface area contributed by atoms with Gasteiger partial charge in [0.2, 0.25) is 0 Å². The fraction of sp³-hybridized carbons (Fsp3) is 0.500. The lowest BCUT2D eigenvalue weighted by atomic mass is 9.94. The zero-order valence-electron chi connectivity index (χ0n) is 8.33. The van der Waals surface area contributed by atoms with E-state index in [1.165, 1.54) is 4.90 Å². The molecule has 0 saturated carbocycles. The Hall–Kier alpha value is -1.65. The van der Waals surface area contributed by atoms with Gasteiger partial charge in [-0.05, 0) is 12.8 Å². The molecule has 0 atom stereocenters. The minimum Gasteiger partial charge on any atom is -0.465 e. The highest BCUT2D eigenvalue weighted by Crippen LogP contribution is 2.25. The molecule has 2 rings (SSSR count). The van der Waals surface area contributed by atoms with Crippen molar-refractivity contribution in [3.63, 3.8) is 0 Å². The van der Waals surface area contributed by atoms with E-state index >= 15 is 0 Å². The van der Waals surface area contributed by atoms with Crippen molar-refractivity contribution in [2.24, 2.45) is 0 Å². The SMILES string of the molecule is O=C(O)N1CCC(c2cnccn2)CC1. The first-order chi connectivity index (χ1) is 7.27. The van der Waals surface area contributed by atoms with Gasteiger partial charge < -0.3 is 10.0 Å². The predicted molar refractivity (Wildman–Crippen MR) is 53.6 cm³/mol. The third-order valence-corrected chi connectivity index (χ3v) is 2.77. The Balaban J connectivity index is 1.97. The van der Waals surface area contributed by atoms with Crippen molar-refractivity contribution in [3.05, 3.63) is 24.3 Å². The van der Waals surface area contributed by atoms with E-state index in [9.17, 15) is 4.79 Å². The number of carbonyl (C=O) groups is 1. The summed E-state index contributed by atoms with van der Waals surface area (Å²) in [6.45, 7) is 1.19. The molecule has 1 amide bonds. The standard InChI is InChI=1S/C10H13N3O2/c14-10(15)13-5-1-8(2-6-13)9-7-11-3-4-12-9/h3-4,7-8H,1-2,5-6H2,(H,14,15). The molecule has 1 aromatic heterocycles. The predicted octanol–water partition coefficient (Wildman–Crippen LogP) is 1.33. The molecule has 0 spiro atoms. The molecule has 1 saturated heterocycles. The quantitative estimate of drug-likeness (QED) is 0.754. The maximum absolute atomic E-state index is 10.7. The summed E-state index contributed by atoms with van der Waals surface area (Å²) in [5.41, 5.74) is 0.975. The third-order valence-electron chi connectivity index (χ3n) is 2.77. The minimum atomic E-state index is -0.826. The molecule has 0 bridgehead atoms. The first kappa shape index (κ1) is 9.89. The van der Waals surface area contributed by atoms with Crippen LogP contribution in [0.5, 0.6) is 0 Å². The second-order valence-corrected chi connectivity index (χ2v) is 3.67. The van der Waals surface area contributed by atoms with E-state index in [0.717, 1.165) is 18.5 Å². The van der Waals surface area contributed by atoms with Crippen molar-refractivity contribution in [2.75, 3.05) is 13.1 Å². The molecule has 80 valence electrons. The average Bonchev–Trinajstić information content (AvgIpc) is 2.30. The van der Waals surface area contributed by atoms with E-state index < -0.39 is 6.09 Å². The Kier molecular flexibility index (Phi) is 2.80. The number of aromatic nitrogens is 2. The molecule has 15 heavy (non-hydrogen) atoms. The topological polar surface area (TPSA) is 66.3 Å². The van der Waals surface area contributed by atoms with Crippen LogP contribution >= 0.6 is 0 Å². The lowest BCUT2D eigenvalue weighted by molar-refractivity contribution is 0.131. The number of hydrogen-bond acceptors (Lipinski definition) is 3. The minimum absolute atomic E-state index is 0.356. The molecule has 2 heterocycles. The van der Waals surface area contributed by atoms with Crippen LogP contribution in [0.4, 0.5) is 4.79 Å². The second kappa shape index (κ2) is 4.25. The van der Waals surface area contributed by atoms with Crippen molar-refractivity contribution in [1.29, 1.82) is 0 Å². The highest BCUT2D eigenvalue weighted by atomic mass is 16.4. The fourth-order valence-corrected chi connectivity index (χ4v) is 1.89. The lowest BCUT2D eigenvalue weighted by Gasteiger charge is -2.29. The van der Waals surface area contributed by atoms with Gasteiger partial charge in [0, 0.05) is 37.6 Å². The van der Waals surface area contributed by atoms with Crippen LogP contribution in [0.15, 0.2) is 18.6 Å². The number of hydrogen-bond donors (Lipinski definition) is 1. The van der Waals surface area contributed by atoms with Gasteiger partial charge in [-0.15, -0.1) is 0 Å². The van der Waals surface area contributed by atoms with E-state index in [0.29, 0.717) is 19.0 Å². The maximum Gasteiger partial charge on any atom is 0.407 e. The second-order valence-electron chi connectivity index (χ2n) is 3.67. The van der Waals surface area contributed by atoms with E-state index in [2.05, 4.69) is 9.97 Å². The van der Waals surface area contributed by atoms with Gasteiger partial charge in [0.05, 0.1) is 5.69 Å². The number of nitrogens with zero attached hydrogens (tertiary/aromatic N) is 3. The fourth-order valence-electron chi connectivity index (χ4n) is 1.89. The van der Waals surface area contributed by atoms with Crippen LogP contribution in [0.3, 0.4) is 0 Å². The molecule has 0 unspecified atom stereocenters. The summed E-state index contributed by atoms with van der Waals surface area (Å²) in [4.78, 5) is 20.4. The molecule has 1 aromatic rings. The Bertz CT molecular complexity index is 334. The maximum atomic E-state index is 10.7. The lowest BCUT2D eigenvalue weighted by Crippen LogP contribution is -2.36. The average molecular weight is 207 g/mol. The number of likely N-dealkylation sites (tertiary alicyclic amines) is 1. The molecule has 1 fully saturated rings. The van der Waals surface area contributed by atoms with Gasteiger partial charge in [-0.1, -0.05) is 0 Å². The van der Waals surface area contributed by atoms with Gasteiger partial charge in [0.1, 0.15) is 0 Å². The van der Waals surface area contributed by atoms with Crippen LogP contribution in [0.25, 0.3) is 0 Å². The van der Waals surface area contributed by atoms with Crippen molar-refractivity contribution < 1.29 is 9.90 Å². The van der Waals surface area contributed by atoms with Gasteiger partial charge >= 0.3 is 6.09 Å². The van der Waals surface area contributed by atoms with Crippen LogP contribution in [-0.4, -0.2) is 39.2 Å². The van der Waals surface area contributed by atoms with Crippen LogP contribution in [0.1, 0.15) is 24.5 Å². The first-order valence-corrected chi connectivity index (χ1v) is 5.01. The molecule has 0 aliphatic carbocycles. The summed E-state index contributed by atoms with van der Waals surface area (Å²) in [6.07, 6.45) is 5.94. The smallest absolute Gasteiger partial charge is 0.407 e. The van der Waals surface area contributed by atoms with Crippen LogP contribution < -0.4 is 0 Å². The summed E-state index contributed by atoms with van der Waals surface area (Å²) in [5, 5.41) is 8.79. The zero-order valence-corrected chi connectivity index (χ0v) is 8.33. The molecule has 5 heteroatoms. The number of rotatable bonds is 1. The normalized spacial score (nSPS) is 17.7. The Morgan fingerprint density at radius 2 is 2.13 bits per heavy atom. The molecule has 1 aliphatic heterocycles. The van der Waals surface area contributed by atoms with E-state index in [4.69, 9.17) is 5.11 Å². The molecule has 0 radical (unpaired) electrons. The summed E-state index contributed by atoms with van der Waals surface area (Å²) in [7, 11) is 0. The monoisotopic (exact) mass is 207 g/mol. The highest BCUT2D eigenvalue weighted by molar-refractivity contribution is 5.65. The van der Waals surface area contributed by atoms with Crippen molar-refractivity contribution in [1.82, 2.24) is 14.9 Å². The van der Waals surface area contributed by atoms with Crippen LogP contribution in [0, 0.1) is 0 Å². The number of carboxylic acid groups (broad SMARTS) is 1. The zero-order chi connectivity index (χ0) is 10.7. The third kappa shape index (κ3) is 2.23. The summed E-state index contributed by atoms with van der Waals surface area (Å²) in [6, 6.07) is 0. The molecule has 0 aromatic carbocycles. The Morgan fingerprint density at radius 1 is 1.40 bits per heavy atom. The highest BCUT2D eigenvalue weighted by Gasteiger charge is 2.23. The van der Waals surface area contributed by atoms with Gasteiger partial charge in [-0.2, -0.15) is 0 Å².